The van der Waals surface area contributed by atoms with Crippen LogP contribution in [0.5, 0.6) is 11.5 Å². The fraction of sp³-hybridized carbons (Fsp3) is 0.632. The highest BCUT2D eigenvalue weighted by molar-refractivity contribution is 14.0. The lowest BCUT2D eigenvalue weighted by molar-refractivity contribution is -0.0512. The van der Waals surface area contributed by atoms with E-state index in [1.807, 2.05) is 6.07 Å². The van der Waals surface area contributed by atoms with Crippen LogP contribution in [-0.4, -0.2) is 65.7 Å². The van der Waals surface area contributed by atoms with Gasteiger partial charge >= 0.3 is 6.61 Å². The number of hydrogen-bond acceptors (Lipinski definition) is 5. The average Bonchev–Trinajstić information content (AvgIpc) is 3.19. The van der Waals surface area contributed by atoms with Crippen LogP contribution >= 0.6 is 24.0 Å². The summed E-state index contributed by atoms with van der Waals surface area (Å²) in [6, 6.07) is 5.00. The molecule has 1 heterocycles. The molecule has 1 saturated heterocycles. The number of nitrogens with zero attached hydrogens (tertiary/aromatic N) is 1. The predicted octanol–water partition coefficient (Wildman–Crippen LogP) is 2.82. The summed E-state index contributed by atoms with van der Waals surface area (Å²) in [5.41, 5.74) is 0.853. The van der Waals surface area contributed by atoms with Crippen molar-refractivity contribution in [2.24, 2.45) is 4.99 Å². The Hall–Kier alpha value is -1.40. The Balaban J connectivity index is 0.00000420. The topological polar surface area (TPSA) is 73.3 Å². The van der Waals surface area contributed by atoms with E-state index in [-0.39, 0.29) is 41.6 Å². The minimum absolute atomic E-state index is 0. The molecule has 0 spiro atoms. The minimum atomic E-state index is -2.89. The lowest BCUT2D eigenvalue weighted by Crippen LogP contribution is -2.39. The van der Waals surface area contributed by atoms with Gasteiger partial charge in [-0.1, -0.05) is 6.07 Å². The first-order valence-corrected chi connectivity index (χ1v) is 9.38. The number of halogens is 3. The van der Waals surface area contributed by atoms with Crippen molar-refractivity contribution in [2.45, 2.75) is 32.0 Å². The maximum Gasteiger partial charge on any atom is 0.387 e. The van der Waals surface area contributed by atoms with E-state index in [9.17, 15) is 8.78 Å². The number of rotatable bonds is 11. The Bertz CT molecular complexity index is 617. The molecule has 0 aliphatic carbocycles. The molecule has 2 rings (SSSR count). The zero-order valence-electron chi connectivity index (χ0n) is 16.8. The molecule has 1 aliphatic heterocycles. The number of nitrogens with one attached hydrogen (secondary N) is 2. The van der Waals surface area contributed by atoms with Crippen LogP contribution in [0, 0.1) is 0 Å². The molecule has 1 atom stereocenters. The molecule has 29 heavy (non-hydrogen) atoms. The first kappa shape index (κ1) is 25.6. The van der Waals surface area contributed by atoms with Gasteiger partial charge in [0.25, 0.3) is 0 Å². The van der Waals surface area contributed by atoms with Crippen LogP contribution in [0.4, 0.5) is 8.78 Å². The smallest absolute Gasteiger partial charge is 0.387 e. The number of hydrogen-bond donors (Lipinski definition) is 2. The molecule has 1 aliphatic rings. The first-order chi connectivity index (χ1) is 13.6. The van der Waals surface area contributed by atoms with Crippen molar-refractivity contribution in [3.05, 3.63) is 23.8 Å². The molecule has 1 aromatic carbocycles. The highest BCUT2D eigenvalue weighted by atomic mass is 127. The Morgan fingerprint density at radius 2 is 2.07 bits per heavy atom. The Morgan fingerprint density at radius 1 is 1.28 bits per heavy atom. The zero-order valence-corrected chi connectivity index (χ0v) is 19.1. The van der Waals surface area contributed by atoms with Crippen molar-refractivity contribution in [3.8, 4) is 11.5 Å². The van der Waals surface area contributed by atoms with Crippen molar-refractivity contribution in [2.75, 3.05) is 47.1 Å². The third kappa shape index (κ3) is 9.77. The number of guanidine groups is 1. The minimum Gasteiger partial charge on any atom is -0.493 e. The van der Waals surface area contributed by atoms with Crippen LogP contribution in [-0.2, 0) is 15.9 Å². The third-order valence-electron chi connectivity index (χ3n) is 4.23. The maximum absolute atomic E-state index is 12.5. The summed E-state index contributed by atoms with van der Waals surface area (Å²) < 4.78 is 45.5. The fourth-order valence-corrected chi connectivity index (χ4v) is 2.78. The van der Waals surface area contributed by atoms with E-state index < -0.39 is 6.61 Å². The monoisotopic (exact) mass is 529 g/mol. The molecule has 10 heteroatoms. The molecule has 1 aromatic rings. The summed E-state index contributed by atoms with van der Waals surface area (Å²) >= 11 is 0. The highest BCUT2D eigenvalue weighted by Crippen LogP contribution is 2.29. The van der Waals surface area contributed by atoms with Gasteiger partial charge < -0.3 is 29.6 Å². The van der Waals surface area contributed by atoms with E-state index in [1.54, 1.807) is 19.2 Å². The second kappa shape index (κ2) is 14.6. The summed E-state index contributed by atoms with van der Waals surface area (Å²) in [7, 11) is 3.11. The normalized spacial score (nSPS) is 16.4. The summed E-state index contributed by atoms with van der Waals surface area (Å²) in [6.07, 6.45) is 2.67. The second-order valence-electron chi connectivity index (χ2n) is 6.25. The van der Waals surface area contributed by atoms with Crippen LogP contribution in [0.25, 0.3) is 0 Å². The fourth-order valence-electron chi connectivity index (χ4n) is 2.78. The molecule has 166 valence electrons. The number of alkyl halides is 2. The molecule has 0 amide bonds. The molecule has 0 radical (unpaired) electrons. The maximum atomic E-state index is 12.5. The van der Waals surface area contributed by atoms with E-state index in [4.69, 9.17) is 14.2 Å². The predicted molar refractivity (Wildman–Crippen MR) is 118 cm³/mol. The van der Waals surface area contributed by atoms with Gasteiger partial charge in [0.15, 0.2) is 17.5 Å². The lowest BCUT2D eigenvalue weighted by atomic mass is 10.1. The molecule has 0 bridgehead atoms. The molecule has 2 N–H and O–H groups in total. The van der Waals surface area contributed by atoms with Gasteiger partial charge in [0.1, 0.15) is 0 Å². The Labute approximate surface area is 187 Å². The SMILES string of the molecule is CN=C(NCCCOC1CCOC1)NCCc1ccc(OC)c(OC(F)F)c1.I. The van der Waals surface area contributed by atoms with Gasteiger partial charge in [-0.05, 0) is 37.0 Å². The van der Waals surface area contributed by atoms with Gasteiger partial charge in [-0.25, -0.2) is 0 Å². The number of aliphatic imine (C=N–C) groups is 1. The summed E-state index contributed by atoms with van der Waals surface area (Å²) in [5.74, 6) is 0.993. The Kier molecular flexibility index (Phi) is 12.9. The molecule has 0 saturated carbocycles. The Morgan fingerprint density at radius 3 is 2.72 bits per heavy atom. The average molecular weight is 529 g/mol. The van der Waals surface area contributed by atoms with Crippen molar-refractivity contribution in [1.82, 2.24) is 10.6 Å². The van der Waals surface area contributed by atoms with E-state index in [1.165, 1.54) is 7.11 Å². The van der Waals surface area contributed by atoms with Crippen LogP contribution in [0.15, 0.2) is 23.2 Å². The van der Waals surface area contributed by atoms with Crippen LogP contribution in [0.3, 0.4) is 0 Å². The lowest BCUT2D eigenvalue weighted by Gasteiger charge is -2.14. The van der Waals surface area contributed by atoms with Crippen LogP contribution in [0.1, 0.15) is 18.4 Å². The molecule has 0 aromatic heterocycles. The number of ether oxygens (including phenoxy) is 4. The second-order valence-corrected chi connectivity index (χ2v) is 6.25. The van der Waals surface area contributed by atoms with E-state index >= 15 is 0 Å². The summed E-state index contributed by atoms with van der Waals surface area (Å²) in [5, 5.41) is 6.42. The molecule has 1 fully saturated rings. The van der Waals surface area contributed by atoms with Gasteiger partial charge in [0, 0.05) is 33.4 Å². The number of benzene rings is 1. The third-order valence-corrected chi connectivity index (χ3v) is 4.23. The van der Waals surface area contributed by atoms with Gasteiger partial charge in [0.2, 0.25) is 0 Å². The first-order valence-electron chi connectivity index (χ1n) is 9.38. The molecular formula is C19H30F2IN3O4. The summed E-state index contributed by atoms with van der Waals surface area (Å²) in [6.45, 7) is 0.584. The van der Waals surface area contributed by atoms with Crippen molar-refractivity contribution in [1.29, 1.82) is 0 Å². The highest BCUT2D eigenvalue weighted by Gasteiger charge is 2.15. The van der Waals surface area contributed by atoms with E-state index in [2.05, 4.69) is 20.4 Å². The van der Waals surface area contributed by atoms with Gasteiger partial charge in [-0.2, -0.15) is 8.78 Å². The van der Waals surface area contributed by atoms with Crippen LogP contribution < -0.4 is 20.1 Å². The zero-order chi connectivity index (χ0) is 20.2. The van der Waals surface area contributed by atoms with E-state index in [0.717, 1.165) is 31.6 Å². The van der Waals surface area contributed by atoms with Crippen molar-refractivity contribution >= 4 is 29.9 Å². The van der Waals surface area contributed by atoms with Crippen molar-refractivity contribution < 1.29 is 27.7 Å². The van der Waals surface area contributed by atoms with Crippen LogP contribution in [0.2, 0.25) is 0 Å². The van der Waals surface area contributed by atoms with Crippen molar-refractivity contribution in [3.63, 3.8) is 0 Å². The standard InChI is InChI=1S/C19H29F2N3O4.HI/c1-22-19(23-8-3-10-27-15-7-11-26-13-15)24-9-6-14-4-5-16(25-2)17(12-14)28-18(20)21;/h4-5,12,15,18H,3,6-11,13H2,1-2H3,(H2,22,23,24);1H. The van der Waals surface area contributed by atoms with Gasteiger partial charge in [0.05, 0.1) is 19.8 Å². The largest absolute Gasteiger partial charge is 0.493 e. The molecule has 7 nitrogen and oxygen atoms in total. The van der Waals surface area contributed by atoms with Gasteiger partial charge in [-0.3, -0.25) is 4.99 Å². The molecule has 1 unspecified atom stereocenters. The quantitative estimate of drug-likeness (QED) is 0.199. The number of methoxy groups -OCH3 is 1. The van der Waals surface area contributed by atoms with Gasteiger partial charge in [-0.15, -0.1) is 24.0 Å². The summed E-state index contributed by atoms with van der Waals surface area (Å²) in [4.78, 5) is 4.17. The molecular weight excluding hydrogens is 499 g/mol. The van der Waals surface area contributed by atoms with E-state index in [0.29, 0.717) is 32.1 Å².